The van der Waals surface area contributed by atoms with Crippen LogP contribution in [0.4, 0.5) is 4.79 Å². The summed E-state index contributed by atoms with van der Waals surface area (Å²) in [5.41, 5.74) is 6.14. The van der Waals surface area contributed by atoms with Crippen molar-refractivity contribution in [1.29, 1.82) is 0 Å². The van der Waals surface area contributed by atoms with Crippen molar-refractivity contribution in [3.05, 3.63) is 46.1 Å². The molecule has 0 aliphatic carbocycles. The fourth-order valence-corrected chi connectivity index (χ4v) is 3.19. The van der Waals surface area contributed by atoms with Crippen LogP contribution in [0.3, 0.4) is 0 Å². The van der Waals surface area contributed by atoms with Gasteiger partial charge in [0.1, 0.15) is 18.1 Å². The number of hydrogen-bond acceptors (Lipinski definition) is 6. The Balaban J connectivity index is 0.00000341. The van der Waals surface area contributed by atoms with Crippen LogP contribution in [-0.4, -0.2) is 47.1 Å². The lowest BCUT2D eigenvalue weighted by atomic mass is 10.2. The number of unbranched alkanes of at least 4 members (excludes halogenated alkanes) is 2. The Labute approximate surface area is 195 Å². The van der Waals surface area contributed by atoms with E-state index in [1.807, 2.05) is 0 Å². The molecule has 1 saturated heterocycles. The molecule has 8 nitrogen and oxygen atoms in total. The molecule has 0 atom stereocenters. The standard InChI is InChI=1S/C20H20Cl2N4O4.ClH/c21-15-7-5-13(10-16(15)22)17-8-6-14(30-17)11-24-25-12-19(28)26(20(25)29)18(27)4-2-1-3-9-23;/h5-8,10-11H,1-4,9,12,23H2;1H/b24-11+;. The Morgan fingerprint density at radius 1 is 1.13 bits per heavy atom. The number of nitrogens with two attached hydrogens (primary N) is 1. The highest BCUT2D eigenvalue weighted by Gasteiger charge is 2.40. The lowest BCUT2D eigenvalue weighted by molar-refractivity contribution is -0.138. The molecule has 11 heteroatoms. The molecule has 1 fully saturated rings. The maximum Gasteiger partial charge on any atom is 0.354 e. The number of hydrazone groups is 1. The van der Waals surface area contributed by atoms with Gasteiger partial charge in [-0.2, -0.15) is 10.0 Å². The first kappa shape index (κ1) is 24.9. The molecule has 2 aromatic rings. The van der Waals surface area contributed by atoms with Crippen LogP contribution in [0.2, 0.25) is 10.0 Å². The second-order valence-corrected chi connectivity index (χ2v) is 7.45. The molecule has 1 aromatic heterocycles. The fraction of sp³-hybridized carbons (Fsp3) is 0.300. The average molecular weight is 488 g/mol. The van der Waals surface area contributed by atoms with E-state index in [1.54, 1.807) is 30.3 Å². The second kappa shape index (κ2) is 11.3. The quantitative estimate of drug-likeness (QED) is 0.339. The van der Waals surface area contributed by atoms with E-state index in [-0.39, 0.29) is 25.4 Å². The largest absolute Gasteiger partial charge is 0.455 e. The molecule has 0 saturated carbocycles. The molecule has 0 spiro atoms. The molecule has 31 heavy (non-hydrogen) atoms. The van der Waals surface area contributed by atoms with Gasteiger partial charge in [0, 0.05) is 12.0 Å². The average Bonchev–Trinajstić information content (AvgIpc) is 3.30. The van der Waals surface area contributed by atoms with Gasteiger partial charge in [-0.1, -0.05) is 29.6 Å². The molecule has 2 heterocycles. The zero-order chi connectivity index (χ0) is 21.7. The van der Waals surface area contributed by atoms with Crippen molar-refractivity contribution in [2.45, 2.75) is 25.7 Å². The van der Waals surface area contributed by atoms with E-state index in [1.165, 1.54) is 6.21 Å². The number of benzene rings is 1. The number of rotatable bonds is 8. The predicted octanol–water partition coefficient (Wildman–Crippen LogP) is 4.32. The lowest BCUT2D eigenvalue weighted by Gasteiger charge is -2.11. The van der Waals surface area contributed by atoms with Crippen molar-refractivity contribution >= 4 is 59.7 Å². The van der Waals surface area contributed by atoms with Crippen LogP contribution in [-0.2, 0) is 9.59 Å². The lowest BCUT2D eigenvalue weighted by Crippen LogP contribution is -2.37. The molecule has 4 amide bonds. The summed E-state index contributed by atoms with van der Waals surface area (Å²) in [7, 11) is 0. The summed E-state index contributed by atoms with van der Waals surface area (Å²) in [5.74, 6) is -0.229. The molecular weight excluding hydrogens is 467 g/mol. The number of urea groups is 1. The molecule has 1 aliphatic heterocycles. The molecule has 0 unspecified atom stereocenters. The number of imide groups is 3. The number of carbonyl (C=O) groups is 3. The van der Waals surface area contributed by atoms with Gasteiger partial charge >= 0.3 is 6.03 Å². The molecule has 1 aromatic carbocycles. The van der Waals surface area contributed by atoms with Gasteiger partial charge in [0.25, 0.3) is 5.91 Å². The first-order chi connectivity index (χ1) is 14.4. The smallest absolute Gasteiger partial charge is 0.354 e. The summed E-state index contributed by atoms with van der Waals surface area (Å²) in [6, 6.07) is 7.69. The van der Waals surface area contributed by atoms with E-state index in [4.69, 9.17) is 33.4 Å². The topological polar surface area (TPSA) is 109 Å². The van der Waals surface area contributed by atoms with Crippen LogP contribution in [0.1, 0.15) is 31.4 Å². The van der Waals surface area contributed by atoms with E-state index < -0.39 is 17.8 Å². The summed E-state index contributed by atoms with van der Waals surface area (Å²) in [5, 5.41) is 5.76. The van der Waals surface area contributed by atoms with Crippen molar-refractivity contribution in [3.63, 3.8) is 0 Å². The van der Waals surface area contributed by atoms with E-state index in [0.29, 0.717) is 39.4 Å². The fourth-order valence-electron chi connectivity index (χ4n) is 2.89. The Morgan fingerprint density at radius 3 is 2.61 bits per heavy atom. The van der Waals surface area contributed by atoms with Gasteiger partial charge in [-0.15, -0.1) is 12.4 Å². The molecule has 3 rings (SSSR count). The van der Waals surface area contributed by atoms with Gasteiger partial charge in [-0.05, 0) is 49.7 Å². The number of furan rings is 1. The third kappa shape index (κ3) is 6.07. The minimum atomic E-state index is -0.767. The zero-order valence-corrected chi connectivity index (χ0v) is 18.8. The van der Waals surface area contributed by atoms with Gasteiger partial charge in [0.05, 0.1) is 16.3 Å². The minimum absolute atomic E-state index is 0. The normalized spacial score (nSPS) is 13.9. The van der Waals surface area contributed by atoms with Crippen molar-refractivity contribution in [2.75, 3.05) is 13.1 Å². The van der Waals surface area contributed by atoms with Gasteiger partial charge in [0.2, 0.25) is 5.91 Å². The summed E-state index contributed by atoms with van der Waals surface area (Å²) in [6.45, 7) is 0.238. The summed E-state index contributed by atoms with van der Waals surface area (Å²) in [4.78, 5) is 37.3. The van der Waals surface area contributed by atoms with Crippen LogP contribution < -0.4 is 5.73 Å². The number of carbonyl (C=O) groups excluding carboxylic acids is 3. The third-order valence-corrected chi connectivity index (χ3v) is 5.18. The second-order valence-electron chi connectivity index (χ2n) is 6.64. The predicted molar refractivity (Wildman–Crippen MR) is 120 cm³/mol. The molecule has 166 valence electrons. The molecule has 1 aliphatic rings. The van der Waals surface area contributed by atoms with Gasteiger partial charge in [0.15, 0.2) is 0 Å². The summed E-state index contributed by atoms with van der Waals surface area (Å²) >= 11 is 11.9. The van der Waals surface area contributed by atoms with Crippen molar-refractivity contribution in [3.8, 4) is 11.3 Å². The number of halogens is 3. The van der Waals surface area contributed by atoms with Crippen LogP contribution in [0, 0.1) is 0 Å². The Hall–Kier alpha value is -2.39. The highest BCUT2D eigenvalue weighted by molar-refractivity contribution is 6.42. The number of nitrogens with zero attached hydrogens (tertiary/aromatic N) is 3. The Morgan fingerprint density at radius 2 is 1.90 bits per heavy atom. The molecular formula is C20H21Cl3N4O4. The van der Waals surface area contributed by atoms with Gasteiger partial charge < -0.3 is 10.2 Å². The van der Waals surface area contributed by atoms with E-state index in [9.17, 15) is 14.4 Å². The first-order valence-corrected chi connectivity index (χ1v) is 10.1. The highest BCUT2D eigenvalue weighted by Crippen LogP contribution is 2.29. The van der Waals surface area contributed by atoms with Gasteiger partial charge in [-0.3, -0.25) is 9.59 Å². The van der Waals surface area contributed by atoms with E-state index in [0.717, 1.165) is 23.4 Å². The van der Waals surface area contributed by atoms with Crippen LogP contribution in [0.5, 0.6) is 0 Å². The number of hydrogen-bond donors (Lipinski definition) is 1. The van der Waals surface area contributed by atoms with Crippen molar-refractivity contribution in [2.24, 2.45) is 10.8 Å². The molecule has 2 N–H and O–H groups in total. The van der Waals surface area contributed by atoms with Gasteiger partial charge in [-0.25, -0.2) is 9.80 Å². The van der Waals surface area contributed by atoms with Crippen LogP contribution in [0.15, 0.2) is 39.9 Å². The van der Waals surface area contributed by atoms with Crippen molar-refractivity contribution in [1.82, 2.24) is 9.91 Å². The Kier molecular flexibility index (Phi) is 9.06. The third-order valence-electron chi connectivity index (χ3n) is 4.45. The maximum atomic E-state index is 12.4. The zero-order valence-electron chi connectivity index (χ0n) is 16.4. The highest BCUT2D eigenvalue weighted by atomic mass is 35.5. The Bertz CT molecular complexity index is 993. The molecule has 0 bridgehead atoms. The minimum Gasteiger partial charge on any atom is -0.455 e. The number of amides is 4. The van der Waals surface area contributed by atoms with E-state index in [2.05, 4.69) is 5.10 Å². The first-order valence-electron chi connectivity index (χ1n) is 9.37. The van der Waals surface area contributed by atoms with Crippen LogP contribution in [0.25, 0.3) is 11.3 Å². The maximum absolute atomic E-state index is 12.4. The van der Waals surface area contributed by atoms with Crippen LogP contribution >= 0.6 is 35.6 Å². The summed E-state index contributed by atoms with van der Waals surface area (Å²) < 4.78 is 5.67. The SMILES string of the molecule is Cl.NCCCCCC(=O)N1C(=O)CN(/N=C/c2ccc(-c3ccc(Cl)c(Cl)c3)o2)C1=O. The summed E-state index contributed by atoms with van der Waals surface area (Å²) in [6.07, 6.45) is 3.54. The molecule has 0 radical (unpaired) electrons. The van der Waals surface area contributed by atoms with E-state index >= 15 is 0 Å². The van der Waals surface area contributed by atoms with Crippen molar-refractivity contribution < 1.29 is 18.8 Å². The monoisotopic (exact) mass is 486 g/mol.